The molecule has 0 aromatic rings. The van der Waals surface area contributed by atoms with E-state index in [1.165, 1.54) is 12.8 Å². The summed E-state index contributed by atoms with van der Waals surface area (Å²) >= 11 is 0. The maximum absolute atomic E-state index is 11.6. The minimum absolute atomic E-state index is 0.0657. The minimum atomic E-state index is -0.0657. The van der Waals surface area contributed by atoms with Crippen LogP contribution in [0.4, 0.5) is 4.79 Å². The summed E-state index contributed by atoms with van der Waals surface area (Å²) in [6.45, 7) is 2.03. The van der Waals surface area contributed by atoms with Gasteiger partial charge in [-0.3, -0.25) is 0 Å². The Kier molecular flexibility index (Phi) is 5.03. The summed E-state index contributed by atoms with van der Waals surface area (Å²) in [5, 5.41) is 5.89. The van der Waals surface area contributed by atoms with Crippen molar-refractivity contribution in [2.45, 2.75) is 57.5 Å². The molecule has 0 aromatic heterocycles. The highest BCUT2D eigenvalue weighted by Crippen LogP contribution is 2.17. The lowest BCUT2D eigenvalue weighted by atomic mass is 10.1. The highest BCUT2D eigenvalue weighted by Gasteiger charge is 2.18. The van der Waals surface area contributed by atoms with E-state index in [1.807, 2.05) is 6.92 Å². The van der Waals surface area contributed by atoms with Gasteiger partial charge >= 0.3 is 6.03 Å². The van der Waals surface area contributed by atoms with Gasteiger partial charge in [0.1, 0.15) is 0 Å². The second-order valence-electron chi connectivity index (χ2n) is 4.11. The van der Waals surface area contributed by atoms with E-state index in [1.54, 1.807) is 0 Å². The number of hydrogen-bond acceptors (Lipinski definition) is 1. The zero-order valence-corrected chi connectivity index (χ0v) is 9.38. The topological polar surface area (TPSA) is 41.1 Å². The SMILES string of the molecule is C#CCC(CC)NC(=O)NC1CCCC1. The number of carbonyl (C=O) groups excluding carboxylic acids is 1. The number of rotatable bonds is 4. The van der Waals surface area contributed by atoms with Gasteiger partial charge in [-0.2, -0.15) is 0 Å². The molecule has 1 rings (SSSR count). The van der Waals surface area contributed by atoms with E-state index in [4.69, 9.17) is 6.42 Å². The summed E-state index contributed by atoms with van der Waals surface area (Å²) in [4.78, 5) is 11.6. The fourth-order valence-electron chi connectivity index (χ4n) is 1.92. The normalized spacial score (nSPS) is 18.1. The van der Waals surface area contributed by atoms with Crippen LogP contribution in [0.15, 0.2) is 0 Å². The Morgan fingerprint density at radius 3 is 2.73 bits per heavy atom. The van der Waals surface area contributed by atoms with Crippen LogP contribution in [0, 0.1) is 12.3 Å². The smallest absolute Gasteiger partial charge is 0.315 e. The molecule has 2 N–H and O–H groups in total. The molecule has 0 bridgehead atoms. The minimum Gasteiger partial charge on any atom is -0.335 e. The highest BCUT2D eigenvalue weighted by molar-refractivity contribution is 5.74. The van der Waals surface area contributed by atoms with Crippen LogP contribution in [0.5, 0.6) is 0 Å². The van der Waals surface area contributed by atoms with Crippen LogP contribution in [0.1, 0.15) is 45.4 Å². The van der Waals surface area contributed by atoms with Gasteiger partial charge < -0.3 is 10.6 Å². The molecule has 1 aliphatic rings. The molecule has 0 heterocycles. The van der Waals surface area contributed by atoms with Crippen LogP contribution in [0.25, 0.3) is 0 Å². The first kappa shape index (κ1) is 11.9. The van der Waals surface area contributed by atoms with E-state index in [0.29, 0.717) is 12.5 Å². The first-order chi connectivity index (χ1) is 7.26. The fourth-order valence-corrected chi connectivity index (χ4v) is 1.92. The molecule has 3 heteroatoms. The molecule has 1 saturated carbocycles. The summed E-state index contributed by atoms with van der Waals surface area (Å²) in [7, 11) is 0. The van der Waals surface area contributed by atoms with Crippen LogP contribution in [0.3, 0.4) is 0 Å². The summed E-state index contributed by atoms with van der Waals surface area (Å²) in [5.41, 5.74) is 0. The molecule has 15 heavy (non-hydrogen) atoms. The van der Waals surface area contributed by atoms with Crippen LogP contribution in [0.2, 0.25) is 0 Å². The molecule has 0 aliphatic heterocycles. The average molecular weight is 208 g/mol. The molecular weight excluding hydrogens is 188 g/mol. The van der Waals surface area contributed by atoms with Crippen molar-refractivity contribution in [3.8, 4) is 12.3 Å². The van der Waals surface area contributed by atoms with E-state index < -0.39 is 0 Å². The van der Waals surface area contributed by atoms with Crippen molar-refractivity contribution in [3.05, 3.63) is 0 Å². The standard InChI is InChI=1S/C12H20N2O/c1-3-7-10(4-2)13-12(15)14-11-8-5-6-9-11/h1,10-11H,4-9H2,2H3,(H2,13,14,15). The Labute approximate surface area is 92.0 Å². The Balaban J connectivity index is 2.24. The summed E-state index contributed by atoms with van der Waals surface area (Å²) in [6.07, 6.45) is 11.4. The first-order valence-electron chi connectivity index (χ1n) is 5.76. The predicted molar refractivity (Wildman–Crippen MR) is 61.5 cm³/mol. The number of terminal acetylenes is 1. The Morgan fingerprint density at radius 1 is 1.53 bits per heavy atom. The van der Waals surface area contributed by atoms with Crippen molar-refractivity contribution < 1.29 is 4.79 Å². The van der Waals surface area contributed by atoms with Gasteiger partial charge in [-0.15, -0.1) is 12.3 Å². The molecule has 1 aliphatic carbocycles. The molecule has 1 atom stereocenters. The van der Waals surface area contributed by atoms with Crippen molar-refractivity contribution in [2.24, 2.45) is 0 Å². The molecular formula is C12H20N2O. The third-order valence-electron chi connectivity index (χ3n) is 2.88. The predicted octanol–water partition coefficient (Wildman–Crippen LogP) is 2.03. The lowest BCUT2D eigenvalue weighted by Crippen LogP contribution is -2.45. The number of urea groups is 1. The second-order valence-corrected chi connectivity index (χ2v) is 4.11. The van der Waals surface area contributed by atoms with Crippen molar-refractivity contribution in [3.63, 3.8) is 0 Å². The largest absolute Gasteiger partial charge is 0.335 e. The van der Waals surface area contributed by atoms with E-state index in [2.05, 4.69) is 16.6 Å². The van der Waals surface area contributed by atoms with Crippen molar-refractivity contribution >= 4 is 6.03 Å². The van der Waals surface area contributed by atoms with Gasteiger partial charge in [0.25, 0.3) is 0 Å². The van der Waals surface area contributed by atoms with Gasteiger partial charge in [0.05, 0.1) is 0 Å². The van der Waals surface area contributed by atoms with Gasteiger partial charge in [-0.1, -0.05) is 19.8 Å². The molecule has 0 radical (unpaired) electrons. The molecule has 84 valence electrons. The summed E-state index contributed by atoms with van der Waals surface area (Å²) in [5.74, 6) is 2.58. The molecule has 0 spiro atoms. The average Bonchev–Trinajstić information content (AvgIpc) is 2.69. The Morgan fingerprint density at radius 2 is 2.20 bits per heavy atom. The number of nitrogens with one attached hydrogen (secondary N) is 2. The first-order valence-corrected chi connectivity index (χ1v) is 5.76. The molecule has 0 saturated heterocycles. The van der Waals surface area contributed by atoms with Crippen LogP contribution in [-0.4, -0.2) is 18.1 Å². The molecule has 1 unspecified atom stereocenters. The van der Waals surface area contributed by atoms with Crippen molar-refractivity contribution in [2.75, 3.05) is 0 Å². The summed E-state index contributed by atoms with van der Waals surface area (Å²) in [6, 6.07) is 0.411. The van der Waals surface area contributed by atoms with Crippen LogP contribution >= 0.6 is 0 Å². The van der Waals surface area contributed by atoms with Gasteiger partial charge in [0.15, 0.2) is 0 Å². The fraction of sp³-hybridized carbons (Fsp3) is 0.750. The van der Waals surface area contributed by atoms with E-state index in [-0.39, 0.29) is 12.1 Å². The third kappa shape index (κ3) is 4.24. The van der Waals surface area contributed by atoms with Crippen LogP contribution in [-0.2, 0) is 0 Å². The zero-order valence-electron chi connectivity index (χ0n) is 9.38. The quantitative estimate of drug-likeness (QED) is 0.682. The zero-order chi connectivity index (χ0) is 11.1. The number of carbonyl (C=O) groups is 1. The van der Waals surface area contributed by atoms with Crippen LogP contribution < -0.4 is 10.6 Å². The highest BCUT2D eigenvalue weighted by atomic mass is 16.2. The molecule has 3 nitrogen and oxygen atoms in total. The third-order valence-corrected chi connectivity index (χ3v) is 2.88. The van der Waals surface area contributed by atoms with Crippen molar-refractivity contribution in [1.29, 1.82) is 0 Å². The van der Waals surface area contributed by atoms with E-state index in [0.717, 1.165) is 19.3 Å². The van der Waals surface area contributed by atoms with Crippen molar-refractivity contribution in [1.82, 2.24) is 10.6 Å². The molecule has 1 fully saturated rings. The maximum Gasteiger partial charge on any atom is 0.315 e. The lowest BCUT2D eigenvalue weighted by molar-refractivity contribution is 0.233. The summed E-state index contributed by atoms with van der Waals surface area (Å²) < 4.78 is 0. The van der Waals surface area contributed by atoms with Gasteiger partial charge in [0, 0.05) is 18.5 Å². The lowest BCUT2D eigenvalue weighted by Gasteiger charge is -2.17. The monoisotopic (exact) mass is 208 g/mol. The molecule has 2 amide bonds. The molecule has 0 aromatic carbocycles. The maximum atomic E-state index is 11.6. The number of hydrogen-bond donors (Lipinski definition) is 2. The number of amides is 2. The Hall–Kier alpha value is -1.17. The van der Waals surface area contributed by atoms with E-state index in [9.17, 15) is 4.79 Å². The van der Waals surface area contributed by atoms with Gasteiger partial charge in [-0.25, -0.2) is 4.79 Å². The van der Waals surface area contributed by atoms with E-state index >= 15 is 0 Å². The Bertz CT molecular complexity index is 238. The second kappa shape index (κ2) is 6.34. The van der Waals surface area contributed by atoms with Gasteiger partial charge in [-0.05, 0) is 19.3 Å². The van der Waals surface area contributed by atoms with Gasteiger partial charge in [0.2, 0.25) is 0 Å².